The van der Waals surface area contributed by atoms with Gasteiger partial charge in [0.1, 0.15) is 4.34 Å². The number of carbonyl (C=O) groups excluding carboxylic acids is 1. The Hall–Kier alpha value is -0.130. The number of carbonyl (C=O) groups is 1. The summed E-state index contributed by atoms with van der Waals surface area (Å²) in [6, 6.07) is 0. The van der Waals surface area contributed by atoms with Crippen LogP contribution in [0.25, 0.3) is 0 Å². The van der Waals surface area contributed by atoms with Crippen molar-refractivity contribution in [3.8, 4) is 0 Å². The first-order chi connectivity index (χ1) is 6.93. The number of thiophene rings is 1. The normalized spacial score (nSPS) is 10.8. The molecule has 1 rings (SSSR count). The van der Waals surface area contributed by atoms with E-state index < -0.39 is 11.8 Å². The lowest BCUT2D eigenvalue weighted by Gasteiger charge is -2.05. The largest absolute Gasteiger partial charge is 0.461 e. The molecule has 0 N–H and O–H groups in total. The average molecular weight is 316 g/mol. The standard InChI is InChI=1S/C9H9BrClFO2S/c1-4(2)3-14-9(13)7-6(12)5(10)8(11)15-7/h4H,3H2,1-2H3. The molecule has 1 aromatic rings. The topological polar surface area (TPSA) is 26.3 Å². The number of halogens is 3. The summed E-state index contributed by atoms with van der Waals surface area (Å²) in [5.41, 5.74) is 0. The summed E-state index contributed by atoms with van der Waals surface area (Å²) < 4.78 is 18.6. The van der Waals surface area contributed by atoms with Crippen molar-refractivity contribution in [3.05, 3.63) is 19.5 Å². The number of hydrogen-bond donors (Lipinski definition) is 0. The molecule has 0 saturated carbocycles. The van der Waals surface area contributed by atoms with Gasteiger partial charge in [-0.3, -0.25) is 0 Å². The molecule has 0 aliphatic carbocycles. The van der Waals surface area contributed by atoms with Crippen molar-refractivity contribution in [2.24, 2.45) is 5.92 Å². The maximum absolute atomic E-state index is 13.4. The monoisotopic (exact) mass is 314 g/mol. The van der Waals surface area contributed by atoms with Crippen LogP contribution in [0.5, 0.6) is 0 Å². The molecule has 0 radical (unpaired) electrons. The maximum atomic E-state index is 13.4. The predicted molar refractivity (Wildman–Crippen MR) is 62.1 cm³/mol. The van der Waals surface area contributed by atoms with Crippen LogP contribution in [0.15, 0.2) is 4.47 Å². The van der Waals surface area contributed by atoms with Crippen LogP contribution in [0, 0.1) is 11.7 Å². The number of esters is 1. The van der Waals surface area contributed by atoms with Crippen molar-refractivity contribution in [2.45, 2.75) is 13.8 Å². The second kappa shape index (κ2) is 5.27. The minimum atomic E-state index is -0.668. The average Bonchev–Trinajstić information content (AvgIpc) is 2.42. The lowest BCUT2D eigenvalue weighted by Crippen LogP contribution is -2.09. The molecule has 1 heterocycles. The molecule has 0 bridgehead atoms. The molecular formula is C9H9BrClFO2S. The van der Waals surface area contributed by atoms with Gasteiger partial charge in [-0.2, -0.15) is 0 Å². The minimum Gasteiger partial charge on any atom is -0.461 e. The zero-order valence-corrected chi connectivity index (χ0v) is 11.3. The van der Waals surface area contributed by atoms with Gasteiger partial charge < -0.3 is 4.74 Å². The smallest absolute Gasteiger partial charge is 0.351 e. The Morgan fingerprint density at radius 1 is 1.67 bits per heavy atom. The van der Waals surface area contributed by atoms with Crippen molar-refractivity contribution in [1.29, 1.82) is 0 Å². The Labute approximate surface area is 105 Å². The van der Waals surface area contributed by atoms with E-state index in [9.17, 15) is 9.18 Å². The van der Waals surface area contributed by atoms with Gasteiger partial charge in [-0.05, 0) is 21.8 Å². The quantitative estimate of drug-likeness (QED) is 0.784. The number of rotatable bonds is 3. The van der Waals surface area contributed by atoms with Gasteiger partial charge >= 0.3 is 5.97 Å². The van der Waals surface area contributed by atoms with E-state index in [0.29, 0.717) is 0 Å². The van der Waals surface area contributed by atoms with Crippen molar-refractivity contribution in [1.82, 2.24) is 0 Å². The molecule has 0 spiro atoms. The molecule has 0 atom stereocenters. The summed E-state index contributed by atoms with van der Waals surface area (Å²) in [5, 5.41) is 0. The van der Waals surface area contributed by atoms with Gasteiger partial charge in [0.05, 0.1) is 11.1 Å². The minimum absolute atomic E-state index is 0.0903. The zero-order valence-electron chi connectivity index (χ0n) is 8.14. The van der Waals surface area contributed by atoms with E-state index in [1.165, 1.54) is 0 Å². The van der Waals surface area contributed by atoms with Crippen LogP contribution < -0.4 is 0 Å². The lowest BCUT2D eigenvalue weighted by atomic mass is 10.2. The van der Waals surface area contributed by atoms with Gasteiger partial charge in [-0.15, -0.1) is 11.3 Å². The summed E-state index contributed by atoms with van der Waals surface area (Å²) in [7, 11) is 0. The fourth-order valence-electron chi connectivity index (χ4n) is 0.804. The first kappa shape index (κ1) is 12.9. The van der Waals surface area contributed by atoms with Gasteiger partial charge in [0, 0.05) is 0 Å². The van der Waals surface area contributed by atoms with Crippen molar-refractivity contribution in [2.75, 3.05) is 6.61 Å². The van der Waals surface area contributed by atoms with Crippen LogP contribution in [0.3, 0.4) is 0 Å². The van der Waals surface area contributed by atoms with Crippen LogP contribution in [0.1, 0.15) is 23.5 Å². The van der Waals surface area contributed by atoms with Crippen molar-refractivity contribution in [3.63, 3.8) is 0 Å². The Kier molecular flexibility index (Phi) is 4.55. The van der Waals surface area contributed by atoms with Gasteiger partial charge in [0.25, 0.3) is 0 Å². The zero-order chi connectivity index (χ0) is 11.6. The molecule has 0 amide bonds. The highest BCUT2D eigenvalue weighted by Gasteiger charge is 2.22. The van der Waals surface area contributed by atoms with E-state index in [4.69, 9.17) is 16.3 Å². The van der Waals surface area contributed by atoms with E-state index in [1.54, 1.807) is 0 Å². The van der Waals surface area contributed by atoms with E-state index in [1.807, 2.05) is 13.8 Å². The highest BCUT2D eigenvalue weighted by Crippen LogP contribution is 2.36. The number of hydrogen-bond acceptors (Lipinski definition) is 3. The molecule has 0 fully saturated rings. The van der Waals surface area contributed by atoms with E-state index in [2.05, 4.69) is 15.9 Å². The van der Waals surface area contributed by atoms with E-state index >= 15 is 0 Å². The fourth-order valence-corrected chi connectivity index (χ4v) is 2.38. The maximum Gasteiger partial charge on any atom is 0.351 e. The number of ether oxygens (including phenoxy) is 1. The second-order valence-corrected chi connectivity index (χ2v) is 5.74. The highest BCUT2D eigenvalue weighted by atomic mass is 79.9. The molecule has 6 heteroatoms. The Morgan fingerprint density at radius 2 is 2.27 bits per heavy atom. The third-order valence-corrected chi connectivity index (χ3v) is 4.08. The summed E-state index contributed by atoms with van der Waals surface area (Å²) in [5.74, 6) is -1.10. The first-order valence-corrected chi connectivity index (χ1v) is 6.22. The van der Waals surface area contributed by atoms with E-state index in [0.717, 1.165) is 11.3 Å². The molecule has 0 unspecified atom stereocenters. The fraction of sp³-hybridized carbons (Fsp3) is 0.444. The molecule has 2 nitrogen and oxygen atoms in total. The van der Waals surface area contributed by atoms with Gasteiger partial charge in [0.2, 0.25) is 0 Å². The van der Waals surface area contributed by atoms with Crippen LogP contribution in [0.4, 0.5) is 4.39 Å². The van der Waals surface area contributed by atoms with Gasteiger partial charge in [0.15, 0.2) is 10.7 Å². The third-order valence-electron chi connectivity index (χ3n) is 1.49. The van der Waals surface area contributed by atoms with Crippen LogP contribution in [0.2, 0.25) is 4.34 Å². The molecule has 0 aliphatic rings. The Morgan fingerprint density at radius 3 is 2.67 bits per heavy atom. The SMILES string of the molecule is CC(C)COC(=O)c1sc(Cl)c(Br)c1F. The summed E-state index contributed by atoms with van der Waals surface area (Å²) in [6.07, 6.45) is 0. The van der Waals surface area contributed by atoms with Gasteiger partial charge in [-0.1, -0.05) is 25.4 Å². The van der Waals surface area contributed by atoms with Gasteiger partial charge in [-0.25, -0.2) is 9.18 Å². The molecule has 1 aromatic heterocycles. The summed E-state index contributed by atoms with van der Waals surface area (Å²) in [6.45, 7) is 4.08. The molecule has 0 aromatic carbocycles. The van der Waals surface area contributed by atoms with Crippen LogP contribution >= 0.6 is 38.9 Å². The van der Waals surface area contributed by atoms with Crippen molar-refractivity contribution >= 4 is 44.8 Å². The molecule has 0 aliphatic heterocycles. The summed E-state index contributed by atoms with van der Waals surface area (Å²) in [4.78, 5) is 11.3. The Balaban J connectivity index is 2.78. The molecule has 0 saturated heterocycles. The Bertz CT molecular complexity index is 378. The lowest BCUT2D eigenvalue weighted by molar-refractivity contribution is 0.0460. The first-order valence-electron chi connectivity index (χ1n) is 4.24. The predicted octanol–water partition coefficient (Wildman–Crippen LogP) is 4.12. The van der Waals surface area contributed by atoms with Crippen LogP contribution in [-0.2, 0) is 4.74 Å². The molecular weight excluding hydrogens is 307 g/mol. The van der Waals surface area contributed by atoms with Crippen LogP contribution in [-0.4, -0.2) is 12.6 Å². The molecule has 84 valence electrons. The molecule has 15 heavy (non-hydrogen) atoms. The highest BCUT2D eigenvalue weighted by molar-refractivity contribution is 9.10. The third kappa shape index (κ3) is 3.16. The van der Waals surface area contributed by atoms with Crippen molar-refractivity contribution < 1.29 is 13.9 Å². The van der Waals surface area contributed by atoms with E-state index in [-0.39, 0.29) is 26.2 Å². The second-order valence-electron chi connectivity index (χ2n) is 3.33. The summed E-state index contributed by atoms with van der Waals surface area (Å²) >= 11 is 9.48.